The Hall–Kier alpha value is -0.610. The molecule has 4 nitrogen and oxygen atoms in total. The third-order valence-electron chi connectivity index (χ3n) is 2.97. The van der Waals surface area contributed by atoms with Crippen LogP contribution in [0.25, 0.3) is 0 Å². The van der Waals surface area contributed by atoms with E-state index in [2.05, 4.69) is 6.92 Å². The highest BCUT2D eigenvalue weighted by Crippen LogP contribution is 2.18. The van der Waals surface area contributed by atoms with Crippen LogP contribution in [0.3, 0.4) is 0 Å². The Labute approximate surface area is 90.9 Å². The van der Waals surface area contributed by atoms with Gasteiger partial charge in [-0.15, -0.1) is 0 Å². The van der Waals surface area contributed by atoms with Gasteiger partial charge in [-0.1, -0.05) is 26.2 Å². The van der Waals surface area contributed by atoms with Gasteiger partial charge in [-0.2, -0.15) is 0 Å². The molecule has 1 fully saturated rings. The average molecular weight is 215 g/mol. The van der Waals surface area contributed by atoms with E-state index in [-0.39, 0.29) is 0 Å². The van der Waals surface area contributed by atoms with Crippen LogP contribution >= 0.6 is 0 Å². The number of aliphatic hydroxyl groups is 1. The summed E-state index contributed by atoms with van der Waals surface area (Å²) in [6.45, 7) is 3.47. The van der Waals surface area contributed by atoms with Gasteiger partial charge < -0.3 is 10.2 Å². The molecule has 0 spiro atoms. The lowest BCUT2D eigenvalue weighted by Gasteiger charge is -2.20. The molecule has 1 saturated heterocycles. The largest absolute Gasteiger partial charge is 0.480 e. The van der Waals surface area contributed by atoms with E-state index in [1.807, 2.05) is 4.90 Å². The molecular weight excluding hydrogens is 194 g/mol. The van der Waals surface area contributed by atoms with Crippen molar-refractivity contribution in [3.05, 3.63) is 0 Å². The molecule has 1 heterocycles. The van der Waals surface area contributed by atoms with Crippen molar-refractivity contribution in [2.24, 2.45) is 0 Å². The lowest BCUT2D eigenvalue weighted by molar-refractivity contribution is -0.142. The van der Waals surface area contributed by atoms with Crippen molar-refractivity contribution in [2.75, 3.05) is 13.1 Å². The SMILES string of the molecule is CCCCCCN1C[C@H](O)C[C@H]1C(=O)O. The number of carboxylic acid groups (broad SMARTS) is 1. The van der Waals surface area contributed by atoms with Crippen molar-refractivity contribution in [3.8, 4) is 0 Å². The van der Waals surface area contributed by atoms with Gasteiger partial charge in [0, 0.05) is 13.0 Å². The van der Waals surface area contributed by atoms with Crippen molar-refractivity contribution in [1.82, 2.24) is 4.90 Å². The monoisotopic (exact) mass is 215 g/mol. The number of carbonyl (C=O) groups is 1. The van der Waals surface area contributed by atoms with E-state index >= 15 is 0 Å². The number of rotatable bonds is 6. The summed E-state index contributed by atoms with van der Waals surface area (Å²) in [7, 11) is 0. The van der Waals surface area contributed by atoms with E-state index in [1.165, 1.54) is 12.8 Å². The molecule has 1 aliphatic heterocycles. The normalized spacial score (nSPS) is 27.1. The van der Waals surface area contributed by atoms with Crippen molar-refractivity contribution in [3.63, 3.8) is 0 Å². The van der Waals surface area contributed by atoms with Gasteiger partial charge >= 0.3 is 5.97 Å². The highest BCUT2D eigenvalue weighted by atomic mass is 16.4. The van der Waals surface area contributed by atoms with Gasteiger partial charge in [-0.25, -0.2) is 0 Å². The Morgan fingerprint density at radius 1 is 1.40 bits per heavy atom. The first-order valence-corrected chi connectivity index (χ1v) is 5.80. The summed E-state index contributed by atoms with van der Waals surface area (Å²) in [6, 6.07) is -0.471. The van der Waals surface area contributed by atoms with E-state index in [4.69, 9.17) is 5.11 Å². The molecule has 0 radical (unpaired) electrons. The van der Waals surface area contributed by atoms with Crippen LogP contribution in [0.2, 0.25) is 0 Å². The average Bonchev–Trinajstić information content (AvgIpc) is 2.55. The zero-order chi connectivity index (χ0) is 11.3. The number of aliphatic hydroxyl groups excluding tert-OH is 1. The van der Waals surface area contributed by atoms with Gasteiger partial charge in [-0.05, 0) is 13.0 Å². The number of hydrogen-bond donors (Lipinski definition) is 2. The summed E-state index contributed by atoms with van der Waals surface area (Å²) >= 11 is 0. The molecule has 4 heteroatoms. The molecule has 0 aromatic heterocycles. The molecule has 0 amide bonds. The van der Waals surface area contributed by atoms with Gasteiger partial charge in [0.1, 0.15) is 6.04 Å². The van der Waals surface area contributed by atoms with Crippen LogP contribution in [0.4, 0.5) is 0 Å². The summed E-state index contributed by atoms with van der Waals surface area (Å²) in [4.78, 5) is 12.8. The smallest absolute Gasteiger partial charge is 0.321 e. The van der Waals surface area contributed by atoms with E-state index in [9.17, 15) is 9.90 Å². The molecule has 0 saturated carbocycles. The summed E-state index contributed by atoms with van der Waals surface area (Å²) in [5.41, 5.74) is 0. The number of nitrogens with zero attached hydrogens (tertiary/aromatic N) is 1. The van der Waals surface area contributed by atoms with E-state index in [0.29, 0.717) is 13.0 Å². The van der Waals surface area contributed by atoms with Crippen LogP contribution in [0, 0.1) is 0 Å². The lowest BCUT2D eigenvalue weighted by atomic mass is 10.2. The van der Waals surface area contributed by atoms with Gasteiger partial charge in [0.15, 0.2) is 0 Å². The van der Waals surface area contributed by atoms with Gasteiger partial charge in [0.25, 0.3) is 0 Å². The molecule has 15 heavy (non-hydrogen) atoms. The second kappa shape index (κ2) is 6.08. The van der Waals surface area contributed by atoms with Crippen molar-refractivity contribution in [1.29, 1.82) is 0 Å². The van der Waals surface area contributed by atoms with Gasteiger partial charge in [0.05, 0.1) is 6.10 Å². The molecule has 0 aromatic carbocycles. The fourth-order valence-electron chi connectivity index (χ4n) is 2.13. The second-order valence-corrected chi connectivity index (χ2v) is 4.30. The van der Waals surface area contributed by atoms with Gasteiger partial charge in [-0.3, -0.25) is 9.69 Å². The quantitative estimate of drug-likeness (QED) is 0.651. The molecule has 2 atom stereocenters. The lowest BCUT2D eigenvalue weighted by Crippen LogP contribution is -2.36. The molecule has 1 rings (SSSR count). The van der Waals surface area contributed by atoms with Crippen molar-refractivity contribution < 1.29 is 15.0 Å². The molecule has 88 valence electrons. The first-order chi connectivity index (χ1) is 7.15. The minimum absolute atomic E-state index is 0.378. The molecule has 0 bridgehead atoms. The number of carboxylic acids is 1. The Morgan fingerprint density at radius 3 is 2.73 bits per heavy atom. The standard InChI is InChI=1S/C11H21NO3/c1-2-3-4-5-6-12-8-9(13)7-10(12)11(14)15/h9-10,13H,2-8H2,1H3,(H,14,15)/t9-,10+/m1/s1. The topological polar surface area (TPSA) is 60.8 Å². The van der Waals surface area contributed by atoms with Crippen LogP contribution in [-0.2, 0) is 4.79 Å². The summed E-state index contributed by atoms with van der Waals surface area (Å²) in [6.07, 6.45) is 4.49. The van der Waals surface area contributed by atoms with E-state index < -0.39 is 18.1 Å². The minimum atomic E-state index is -0.804. The number of unbranched alkanes of at least 4 members (excludes halogenated alkanes) is 3. The highest BCUT2D eigenvalue weighted by Gasteiger charge is 2.35. The van der Waals surface area contributed by atoms with Crippen LogP contribution in [0.15, 0.2) is 0 Å². The Balaban J connectivity index is 2.29. The zero-order valence-electron chi connectivity index (χ0n) is 9.35. The highest BCUT2D eigenvalue weighted by molar-refractivity contribution is 5.74. The molecular formula is C11H21NO3. The van der Waals surface area contributed by atoms with E-state index in [0.717, 1.165) is 19.4 Å². The minimum Gasteiger partial charge on any atom is -0.480 e. The van der Waals surface area contributed by atoms with Gasteiger partial charge in [0.2, 0.25) is 0 Å². The van der Waals surface area contributed by atoms with Crippen molar-refractivity contribution >= 4 is 5.97 Å². The Bertz CT molecular complexity index is 208. The zero-order valence-corrected chi connectivity index (χ0v) is 9.35. The molecule has 2 N–H and O–H groups in total. The van der Waals surface area contributed by atoms with Crippen molar-refractivity contribution in [2.45, 2.75) is 51.2 Å². The maximum Gasteiger partial charge on any atom is 0.321 e. The molecule has 0 unspecified atom stereocenters. The maximum atomic E-state index is 10.9. The van der Waals surface area contributed by atoms with Crippen LogP contribution < -0.4 is 0 Å². The summed E-state index contributed by atoms with van der Waals surface area (Å²) < 4.78 is 0. The number of likely N-dealkylation sites (tertiary alicyclic amines) is 1. The third-order valence-corrected chi connectivity index (χ3v) is 2.97. The predicted molar refractivity (Wildman–Crippen MR) is 57.8 cm³/mol. The third kappa shape index (κ3) is 3.80. The summed E-state index contributed by atoms with van der Waals surface area (Å²) in [5.74, 6) is -0.804. The molecule has 1 aliphatic rings. The van der Waals surface area contributed by atoms with E-state index in [1.54, 1.807) is 0 Å². The number of β-amino-alcohol motifs (C(OH)–C–C–N with tert-alkyl or cyclic N) is 1. The van der Waals surface area contributed by atoms with Crippen LogP contribution in [0.1, 0.15) is 39.0 Å². The molecule has 0 aromatic rings. The number of aliphatic carboxylic acids is 1. The first kappa shape index (κ1) is 12.5. The molecule has 0 aliphatic carbocycles. The first-order valence-electron chi connectivity index (χ1n) is 5.80. The fraction of sp³-hybridized carbons (Fsp3) is 0.909. The second-order valence-electron chi connectivity index (χ2n) is 4.30. The Morgan fingerprint density at radius 2 is 2.13 bits per heavy atom. The predicted octanol–water partition coefficient (Wildman–Crippen LogP) is 1.09. The fourth-order valence-corrected chi connectivity index (χ4v) is 2.13. The Kier molecular flexibility index (Phi) is 5.05. The summed E-state index contributed by atoms with van der Waals surface area (Å²) in [5, 5.41) is 18.4. The van der Waals surface area contributed by atoms with Crippen LogP contribution in [0.5, 0.6) is 0 Å². The van der Waals surface area contributed by atoms with Crippen LogP contribution in [-0.4, -0.2) is 46.3 Å². The number of hydrogen-bond acceptors (Lipinski definition) is 3. The maximum absolute atomic E-state index is 10.9.